The molecule has 0 radical (unpaired) electrons. The monoisotopic (exact) mass is 368 g/mol. The summed E-state index contributed by atoms with van der Waals surface area (Å²) >= 11 is 5.88. The molecule has 5 nitrogen and oxygen atoms in total. The fourth-order valence-electron chi connectivity index (χ4n) is 2.63. The zero-order chi connectivity index (χ0) is 18.5. The summed E-state index contributed by atoms with van der Waals surface area (Å²) in [5.74, 6) is -0.894. The summed E-state index contributed by atoms with van der Waals surface area (Å²) in [6.07, 6.45) is 1.80. The smallest absolute Gasteiger partial charge is 0.328 e. The summed E-state index contributed by atoms with van der Waals surface area (Å²) in [4.78, 5) is 28.9. The Kier molecular flexibility index (Phi) is 5.49. The number of nitrogens with one attached hydrogen (secondary N) is 1. The van der Waals surface area contributed by atoms with E-state index in [1.54, 1.807) is 18.2 Å². The topological polar surface area (TPSA) is 68.3 Å². The van der Waals surface area contributed by atoms with Gasteiger partial charge in [0.25, 0.3) is 5.91 Å². The number of ether oxygens (including phenoxy) is 1. The van der Waals surface area contributed by atoms with Crippen LogP contribution in [0.3, 0.4) is 0 Å². The molecular formula is C20H17ClN2O3. The van der Waals surface area contributed by atoms with E-state index in [-0.39, 0.29) is 5.91 Å². The van der Waals surface area contributed by atoms with Gasteiger partial charge in [-0.25, -0.2) is 4.79 Å². The van der Waals surface area contributed by atoms with E-state index in [1.807, 2.05) is 36.4 Å². The normalized spacial score (nSPS) is 11.8. The molecule has 3 rings (SSSR count). The van der Waals surface area contributed by atoms with Gasteiger partial charge in [0.15, 0.2) is 0 Å². The predicted molar refractivity (Wildman–Crippen MR) is 100 cm³/mol. The lowest BCUT2D eigenvalue weighted by atomic mass is 10.1. The Hall–Kier alpha value is -2.92. The second-order valence-corrected chi connectivity index (χ2v) is 6.23. The number of hydrogen-bond donors (Lipinski definition) is 1. The molecule has 0 bridgehead atoms. The van der Waals surface area contributed by atoms with Gasteiger partial charge < -0.3 is 10.1 Å². The molecule has 0 spiro atoms. The lowest BCUT2D eigenvalue weighted by Gasteiger charge is -2.17. The Bertz CT molecular complexity index is 941. The molecule has 2 aromatic carbocycles. The third-order valence-electron chi connectivity index (χ3n) is 4.00. The van der Waals surface area contributed by atoms with Crippen molar-refractivity contribution in [3.8, 4) is 0 Å². The van der Waals surface area contributed by atoms with Gasteiger partial charge in [-0.1, -0.05) is 41.9 Å². The van der Waals surface area contributed by atoms with Crippen LogP contribution in [0.25, 0.3) is 10.9 Å². The van der Waals surface area contributed by atoms with Crippen LogP contribution in [0.2, 0.25) is 5.02 Å². The van der Waals surface area contributed by atoms with Gasteiger partial charge >= 0.3 is 5.97 Å². The first-order valence-corrected chi connectivity index (χ1v) is 8.42. The number of hydrogen-bond acceptors (Lipinski definition) is 4. The van der Waals surface area contributed by atoms with Crippen LogP contribution in [-0.4, -0.2) is 30.0 Å². The molecule has 0 aliphatic heterocycles. The summed E-state index contributed by atoms with van der Waals surface area (Å²) < 4.78 is 4.82. The number of nitrogens with zero attached hydrogens (tertiary/aromatic N) is 1. The Morgan fingerprint density at radius 2 is 1.88 bits per heavy atom. The highest BCUT2D eigenvalue weighted by Gasteiger charge is 2.23. The number of benzene rings is 2. The molecule has 0 aliphatic carbocycles. The lowest BCUT2D eigenvalue weighted by Crippen LogP contribution is -2.43. The maximum absolute atomic E-state index is 12.6. The third-order valence-corrected chi connectivity index (χ3v) is 4.25. The van der Waals surface area contributed by atoms with Crippen molar-refractivity contribution in [2.45, 2.75) is 12.5 Å². The highest BCUT2D eigenvalue weighted by molar-refractivity contribution is 6.30. The van der Waals surface area contributed by atoms with Crippen molar-refractivity contribution in [3.63, 3.8) is 0 Å². The highest BCUT2D eigenvalue weighted by Crippen LogP contribution is 2.14. The van der Waals surface area contributed by atoms with Crippen LogP contribution in [0.15, 0.2) is 60.8 Å². The fraction of sp³-hybridized carbons (Fsp3) is 0.150. The van der Waals surface area contributed by atoms with Crippen LogP contribution >= 0.6 is 11.6 Å². The zero-order valence-corrected chi connectivity index (χ0v) is 14.9. The molecule has 1 atom stereocenters. The minimum atomic E-state index is -0.805. The van der Waals surface area contributed by atoms with Gasteiger partial charge in [-0.3, -0.25) is 9.78 Å². The maximum Gasteiger partial charge on any atom is 0.328 e. The van der Waals surface area contributed by atoms with E-state index < -0.39 is 12.0 Å². The summed E-state index contributed by atoms with van der Waals surface area (Å²) in [5.41, 5.74) is 2.05. The van der Waals surface area contributed by atoms with Crippen molar-refractivity contribution >= 4 is 34.4 Å². The average Bonchev–Trinajstić information content (AvgIpc) is 2.68. The first kappa shape index (κ1) is 17.9. The molecule has 0 saturated carbocycles. The van der Waals surface area contributed by atoms with E-state index in [9.17, 15) is 9.59 Å². The largest absolute Gasteiger partial charge is 0.467 e. The number of para-hydroxylation sites is 1. The number of rotatable bonds is 5. The van der Waals surface area contributed by atoms with E-state index in [1.165, 1.54) is 13.3 Å². The third kappa shape index (κ3) is 4.18. The first-order valence-electron chi connectivity index (χ1n) is 8.05. The van der Waals surface area contributed by atoms with E-state index in [0.717, 1.165) is 16.5 Å². The second kappa shape index (κ2) is 7.97. The minimum Gasteiger partial charge on any atom is -0.467 e. The van der Waals surface area contributed by atoms with Crippen molar-refractivity contribution in [2.24, 2.45) is 0 Å². The SMILES string of the molecule is COC(=O)[C@@H](Cc1ccc(Cl)cc1)NC(=O)c1cnc2ccccc2c1. The summed E-state index contributed by atoms with van der Waals surface area (Å²) in [6, 6.07) is 15.5. The summed E-state index contributed by atoms with van der Waals surface area (Å²) in [7, 11) is 1.29. The molecule has 6 heteroatoms. The summed E-state index contributed by atoms with van der Waals surface area (Å²) in [6.45, 7) is 0. The molecule has 0 aliphatic rings. The minimum absolute atomic E-state index is 0.302. The van der Waals surface area contributed by atoms with Crippen LogP contribution in [0.5, 0.6) is 0 Å². The first-order chi connectivity index (χ1) is 12.6. The number of carbonyl (C=O) groups excluding carboxylic acids is 2. The van der Waals surface area contributed by atoms with Crippen LogP contribution in [0, 0.1) is 0 Å². The molecular weight excluding hydrogens is 352 g/mol. The quantitative estimate of drug-likeness (QED) is 0.701. The number of halogens is 1. The molecule has 1 N–H and O–H groups in total. The molecule has 1 heterocycles. The van der Waals surface area contributed by atoms with Gasteiger partial charge in [0.05, 0.1) is 18.2 Å². The van der Waals surface area contributed by atoms with Crippen molar-refractivity contribution in [2.75, 3.05) is 7.11 Å². The van der Waals surface area contributed by atoms with E-state index in [2.05, 4.69) is 10.3 Å². The average molecular weight is 369 g/mol. The standard InChI is InChI=1S/C20H17ClN2O3/c1-26-20(25)18(10-13-6-8-16(21)9-7-13)23-19(24)15-11-14-4-2-3-5-17(14)22-12-15/h2-9,11-12,18H,10H2,1H3,(H,23,24)/t18-/m1/s1. The number of fused-ring (bicyclic) bond motifs is 1. The molecule has 0 unspecified atom stereocenters. The van der Waals surface area contributed by atoms with Crippen molar-refractivity contribution in [1.29, 1.82) is 0 Å². The lowest BCUT2D eigenvalue weighted by molar-refractivity contribution is -0.142. The number of esters is 1. The molecule has 0 saturated heterocycles. The fourth-order valence-corrected chi connectivity index (χ4v) is 2.75. The van der Waals surface area contributed by atoms with Crippen LogP contribution < -0.4 is 5.32 Å². The highest BCUT2D eigenvalue weighted by atomic mass is 35.5. The Balaban J connectivity index is 1.79. The number of carbonyl (C=O) groups is 2. The molecule has 132 valence electrons. The molecule has 0 fully saturated rings. The van der Waals surface area contributed by atoms with Crippen molar-refractivity contribution in [1.82, 2.24) is 10.3 Å². The van der Waals surface area contributed by atoms with Gasteiger partial charge in [0.2, 0.25) is 0 Å². The van der Waals surface area contributed by atoms with Crippen molar-refractivity contribution in [3.05, 3.63) is 76.9 Å². The Labute approximate surface area is 156 Å². The number of methoxy groups -OCH3 is 1. The van der Waals surface area contributed by atoms with Gasteiger partial charge in [-0.2, -0.15) is 0 Å². The van der Waals surface area contributed by atoms with Crippen molar-refractivity contribution < 1.29 is 14.3 Å². The summed E-state index contributed by atoms with van der Waals surface area (Å²) in [5, 5.41) is 4.19. The van der Waals surface area contributed by atoms with Crippen LogP contribution in [-0.2, 0) is 16.0 Å². The molecule has 1 aromatic heterocycles. The van der Waals surface area contributed by atoms with E-state index in [0.29, 0.717) is 17.0 Å². The predicted octanol–water partition coefficient (Wildman–Crippen LogP) is 3.40. The maximum atomic E-state index is 12.6. The zero-order valence-electron chi connectivity index (χ0n) is 14.1. The van der Waals surface area contributed by atoms with E-state index >= 15 is 0 Å². The molecule has 3 aromatic rings. The van der Waals surface area contributed by atoms with Gasteiger partial charge in [0, 0.05) is 23.0 Å². The molecule has 26 heavy (non-hydrogen) atoms. The molecule has 1 amide bonds. The number of pyridine rings is 1. The Morgan fingerprint density at radius 1 is 1.15 bits per heavy atom. The van der Waals surface area contributed by atoms with Crippen LogP contribution in [0.4, 0.5) is 0 Å². The Morgan fingerprint density at radius 3 is 2.62 bits per heavy atom. The number of aromatic nitrogens is 1. The van der Waals surface area contributed by atoms with Gasteiger partial charge in [0.1, 0.15) is 6.04 Å². The van der Waals surface area contributed by atoms with Gasteiger partial charge in [-0.05, 0) is 29.8 Å². The number of amides is 1. The van der Waals surface area contributed by atoms with Gasteiger partial charge in [-0.15, -0.1) is 0 Å². The van der Waals surface area contributed by atoms with E-state index in [4.69, 9.17) is 16.3 Å². The van der Waals surface area contributed by atoms with Crippen LogP contribution in [0.1, 0.15) is 15.9 Å². The second-order valence-electron chi connectivity index (χ2n) is 5.80.